The van der Waals surface area contributed by atoms with E-state index in [9.17, 15) is 5.11 Å². The van der Waals surface area contributed by atoms with E-state index < -0.39 is 6.23 Å². The van der Waals surface area contributed by atoms with Gasteiger partial charge in [0, 0.05) is 44.5 Å². The summed E-state index contributed by atoms with van der Waals surface area (Å²) >= 11 is 1.64. The van der Waals surface area contributed by atoms with Gasteiger partial charge in [-0.25, -0.2) is 14.5 Å². The zero-order valence-electron chi connectivity index (χ0n) is 18.5. The monoisotopic (exact) mass is 465 g/mol. The molecule has 0 bridgehead atoms. The summed E-state index contributed by atoms with van der Waals surface area (Å²) in [4.78, 5) is 13.0. The third kappa shape index (κ3) is 4.48. The van der Waals surface area contributed by atoms with Gasteiger partial charge in [0.05, 0.1) is 34.1 Å². The van der Waals surface area contributed by atoms with E-state index in [0.717, 1.165) is 35.0 Å². The second kappa shape index (κ2) is 9.16. The molecule has 0 aromatic carbocycles. The van der Waals surface area contributed by atoms with E-state index in [0.29, 0.717) is 23.4 Å². The number of nitrogens with two attached hydrogens (primary N) is 1. The lowest BCUT2D eigenvalue weighted by Gasteiger charge is -2.39. The van der Waals surface area contributed by atoms with Crippen molar-refractivity contribution >= 4 is 22.8 Å². The number of thiophene rings is 1. The maximum absolute atomic E-state index is 10.8. The standard InChI is InChI=1S/C23H27N7O2S/c1-14(24)10-25-23(31)15-8-19(27-21(9-15)29-12-16(13-29)32-2)17-11-26-30-6-5-18(28-22(17)30)20-4-3-7-33-20/h3-9,11,14,16,23,25,31H,10,12-13,24H2,1-2H3/t14-,23?/m0/s1. The number of hydrogen-bond acceptors (Lipinski definition) is 9. The third-order valence-electron chi connectivity index (χ3n) is 5.71. The molecule has 1 aliphatic heterocycles. The van der Waals surface area contributed by atoms with Crippen molar-refractivity contribution in [2.45, 2.75) is 25.3 Å². The van der Waals surface area contributed by atoms with Gasteiger partial charge >= 0.3 is 0 Å². The lowest BCUT2D eigenvalue weighted by molar-refractivity contribution is 0.0782. The lowest BCUT2D eigenvalue weighted by Crippen LogP contribution is -2.52. The van der Waals surface area contributed by atoms with Crippen molar-refractivity contribution in [3.8, 4) is 21.8 Å². The van der Waals surface area contributed by atoms with Gasteiger partial charge in [0.2, 0.25) is 0 Å². The van der Waals surface area contributed by atoms with Crippen LogP contribution in [-0.2, 0) is 4.74 Å². The average molecular weight is 466 g/mol. The zero-order chi connectivity index (χ0) is 22.9. The number of anilines is 1. The Hall–Kier alpha value is -2.89. The van der Waals surface area contributed by atoms with Crippen LogP contribution < -0.4 is 16.0 Å². The molecule has 2 atom stereocenters. The summed E-state index contributed by atoms with van der Waals surface area (Å²) in [7, 11) is 1.72. The van der Waals surface area contributed by atoms with Gasteiger partial charge in [-0.15, -0.1) is 11.3 Å². The van der Waals surface area contributed by atoms with Gasteiger partial charge in [-0.1, -0.05) is 6.07 Å². The molecule has 172 valence electrons. The average Bonchev–Trinajstić information content (AvgIpc) is 3.46. The largest absolute Gasteiger partial charge is 0.378 e. The highest BCUT2D eigenvalue weighted by Crippen LogP contribution is 2.31. The Morgan fingerprint density at radius 3 is 2.85 bits per heavy atom. The van der Waals surface area contributed by atoms with Crippen LogP contribution >= 0.6 is 11.3 Å². The first-order valence-electron chi connectivity index (χ1n) is 10.9. The number of fused-ring (bicyclic) bond motifs is 1. The topological polar surface area (TPSA) is 114 Å². The van der Waals surface area contributed by atoms with Crippen molar-refractivity contribution in [2.24, 2.45) is 5.73 Å². The number of nitrogens with one attached hydrogen (secondary N) is 1. The maximum atomic E-state index is 10.8. The maximum Gasteiger partial charge on any atom is 0.165 e. The zero-order valence-corrected chi connectivity index (χ0v) is 19.4. The van der Waals surface area contributed by atoms with Crippen molar-refractivity contribution in [3.63, 3.8) is 0 Å². The van der Waals surface area contributed by atoms with Crippen molar-refractivity contribution in [1.29, 1.82) is 0 Å². The highest BCUT2D eigenvalue weighted by Gasteiger charge is 2.29. The first-order valence-corrected chi connectivity index (χ1v) is 11.7. The highest BCUT2D eigenvalue weighted by atomic mass is 32.1. The summed E-state index contributed by atoms with van der Waals surface area (Å²) in [5, 5.41) is 20.4. The molecule has 1 aliphatic rings. The molecular formula is C23H27N7O2S. The SMILES string of the molecule is COC1CN(c2cc(C(O)NC[C@H](C)N)cc(-c3cnn4ccc(-c5cccs5)nc34)n2)C1. The predicted octanol–water partition coefficient (Wildman–Crippen LogP) is 2.28. The van der Waals surface area contributed by atoms with Crippen LogP contribution in [0.5, 0.6) is 0 Å². The van der Waals surface area contributed by atoms with Gasteiger partial charge in [0.1, 0.15) is 12.0 Å². The van der Waals surface area contributed by atoms with Crippen LogP contribution in [0.15, 0.2) is 48.1 Å². The molecule has 0 saturated carbocycles. The molecular weight excluding hydrogens is 438 g/mol. The Labute approximate surface area is 195 Å². The smallest absolute Gasteiger partial charge is 0.165 e. The number of aliphatic hydroxyl groups is 1. The van der Waals surface area contributed by atoms with Gasteiger partial charge in [0.15, 0.2) is 5.65 Å². The number of ether oxygens (including phenoxy) is 1. The molecule has 9 nitrogen and oxygen atoms in total. The van der Waals surface area contributed by atoms with E-state index in [4.69, 9.17) is 20.4 Å². The molecule has 5 heterocycles. The van der Waals surface area contributed by atoms with Gasteiger partial charge in [-0.05, 0) is 36.6 Å². The molecule has 5 rings (SSSR count). The van der Waals surface area contributed by atoms with Crippen LogP contribution in [0, 0.1) is 0 Å². The highest BCUT2D eigenvalue weighted by molar-refractivity contribution is 7.13. The normalized spacial score (nSPS) is 16.2. The minimum atomic E-state index is -0.868. The molecule has 33 heavy (non-hydrogen) atoms. The summed E-state index contributed by atoms with van der Waals surface area (Å²) in [6.07, 6.45) is 3.00. The molecule has 0 aliphatic carbocycles. The second-order valence-corrected chi connectivity index (χ2v) is 9.26. The molecule has 4 N–H and O–H groups in total. The number of hydrogen-bond donors (Lipinski definition) is 3. The quantitative estimate of drug-likeness (QED) is 0.340. The summed E-state index contributed by atoms with van der Waals surface area (Å²) in [6.45, 7) is 3.90. The fraction of sp³-hybridized carbons (Fsp3) is 0.348. The number of pyridine rings is 1. The Morgan fingerprint density at radius 2 is 2.12 bits per heavy atom. The number of aromatic nitrogens is 4. The van der Waals surface area contributed by atoms with Crippen LogP contribution in [0.4, 0.5) is 5.82 Å². The van der Waals surface area contributed by atoms with Crippen molar-refractivity contribution in [1.82, 2.24) is 24.9 Å². The van der Waals surface area contributed by atoms with Crippen LogP contribution in [0.1, 0.15) is 18.7 Å². The van der Waals surface area contributed by atoms with Gasteiger partial charge < -0.3 is 20.5 Å². The van der Waals surface area contributed by atoms with E-state index in [1.165, 1.54) is 0 Å². The van der Waals surface area contributed by atoms with E-state index in [1.807, 2.05) is 48.8 Å². The second-order valence-electron chi connectivity index (χ2n) is 8.31. The minimum absolute atomic E-state index is 0.0715. The molecule has 0 spiro atoms. The Kier molecular flexibility index (Phi) is 6.09. The van der Waals surface area contributed by atoms with E-state index in [1.54, 1.807) is 29.2 Å². The van der Waals surface area contributed by atoms with Crippen molar-refractivity contribution in [2.75, 3.05) is 31.6 Å². The van der Waals surface area contributed by atoms with E-state index in [-0.39, 0.29) is 12.1 Å². The van der Waals surface area contributed by atoms with Crippen LogP contribution in [-0.4, -0.2) is 63.6 Å². The van der Waals surface area contributed by atoms with Crippen molar-refractivity contribution in [3.05, 3.63) is 53.7 Å². The fourth-order valence-electron chi connectivity index (χ4n) is 3.80. The molecule has 10 heteroatoms. The number of nitrogens with zero attached hydrogens (tertiary/aromatic N) is 5. The Balaban J connectivity index is 1.55. The molecule has 1 unspecified atom stereocenters. The van der Waals surface area contributed by atoms with Gasteiger partial charge in [-0.2, -0.15) is 5.10 Å². The summed E-state index contributed by atoms with van der Waals surface area (Å²) in [6, 6.07) is 9.73. The first-order chi connectivity index (χ1) is 16.0. The van der Waals surface area contributed by atoms with Gasteiger partial charge in [0.25, 0.3) is 0 Å². The number of rotatable bonds is 8. The molecule has 1 fully saturated rings. The number of methoxy groups -OCH3 is 1. The van der Waals surface area contributed by atoms with Crippen LogP contribution in [0.2, 0.25) is 0 Å². The van der Waals surface area contributed by atoms with E-state index >= 15 is 0 Å². The predicted molar refractivity (Wildman–Crippen MR) is 129 cm³/mol. The van der Waals surface area contributed by atoms with E-state index in [2.05, 4.69) is 15.3 Å². The van der Waals surface area contributed by atoms with Crippen LogP contribution in [0.25, 0.3) is 27.5 Å². The summed E-state index contributed by atoms with van der Waals surface area (Å²) in [5.74, 6) is 0.784. The summed E-state index contributed by atoms with van der Waals surface area (Å²) < 4.78 is 7.17. The molecule has 4 aromatic rings. The van der Waals surface area contributed by atoms with Gasteiger partial charge in [-0.3, -0.25) is 5.32 Å². The molecule has 1 saturated heterocycles. The van der Waals surface area contributed by atoms with Crippen molar-refractivity contribution < 1.29 is 9.84 Å². The Morgan fingerprint density at radius 1 is 1.27 bits per heavy atom. The fourth-order valence-corrected chi connectivity index (χ4v) is 4.49. The van der Waals surface area contributed by atoms with Crippen LogP contribution in [0.3, 0.4) is 0 Å². The third-order valence-corrected chi connectivity index (χ3v) is 6.60. The Bertz CT molecular complexity index is 1240. The molecule has 4 aromatic heterocycles. The summed E-state index contributed by atoms with van der Waals surface area (Å²) in [5.41, 5.74) is 9.68. The minimum Gasteiger partial charge on any atom is -0.378 e. The molecule has 0 radical (unpaired) electrons. The number of aliphatic hydroxyl groups excluding tert-OH is 1. The first kappa shape index (κ1) is 21.9. The lowest BCUT2D eigenvalue weighted by atomic mass is 10.1. The molecule has 0 amide bonds.